The fourth-order valence-corrected chi connectivity index (χ4v) is 1.99. The molecule has 0 fully saturated rings. The second kappa shape index (κ2) is 5.13. The Balaban J connectivity index is 1.85. The second-order valence-electron chi connectivity index (χ2n) is 4.59. The molecule has 0 bridgehead atoms. The minimum absolute atomic E-state index is 0.396. The predicted molar refractivity (Wildman–Crippen MR) is 77.9 cm³/mol. The Morgan fingerprint density at radius 2 is 1.80 bits per heavy atom. The Labute approximate surface area is 116 Å². The number of aromatic nitrogens is 1. The van der Waals surface area contributed by atoms with Crippen LogP contribution in [0.4, 0.5) is 0 Å². The molecule has 0 radical (unpaired) electrons. The van der Waals surface area contributed by atoms with E-state index in [1.54, 1.807) is 18.2 Å². The normalized spacial score (nSPS) is 10.4. The van der Waals surface area contributed by atoms with Gasteiger partial charge < -0.3 is 4.74 Å². The average Bonchev–Trinajstić information content (AvgIpc) is 2.48. The van der Waals surface area contributed by atoms with Gasteiger partial charge in [-0.2, -0.15) is 0 Å². The third-order valence-electron chi connectivity index (χ3n) is 3.08. The van der Waals surface area contributed by atoms with Crippen molar-refractivity contribution in [1.82, 2.24) is 4.98 Å². The molecular formula is C17H13NO2. The first kappa shape index (κ1) is 12.4. The highest BCUT2D eigenvalue weighted by molar-refractivity contribution is 5.91. The van der Waals surface area contributed by atoms with Gasteiger partial charge in [0.15, 0.2) is 0 Å². The molecule has 20 heavy (non-hydrogen) atoms. The lowest BCUT2D eigenvalue weighted by Gasteiger charge is -2.05. The van der Waals surface area contributed by atoms with Gasteiger partial charge in [-0.05, 0) is 42.0 Å². The summed E-state index contributed by atoms with van der Waals surface area (Å²) in [5.74, 6) is 0.141. The summed E-state index contributed by atoms with van der Waals surface area (Å²) in [7, 11) is 0. The van der Waals surface area contributed by atoms with Crippen LogP contribution in [0.3, 0.4) is 0 Å². The van der Waals surface area contributed by atoms with Crippen LogP contribution in [0.5, 0.6) is 5.75 Å². The summed E-state index contributed by atoms with van der Waals surface area (Å²) in [6.07, 6.45) is 1.53. The zero-order chi connectivity index (χ0) is 13.9. The van der Waals surface area contributed by atoms with Crippen LogP contribution in [-0.2, 0) is 0 Å². The number of esters is 1. The van der Waals surface area contributed by atoms with Crippen molar-refractivity contribution in [1.29, 1.82) is 0 Å². The van der Waals surface area contributed by atoms with E-state index in [0.29, 0.717) is 11.3 Å². The molecular weight excluding hydrogens is 250 g/mol. The van der Waals surface area contributed by atoms with Crippen molar-refractivity contribution in [2.75, 3.05) is 0 Å². The van der Waals surface area contributed by atoms with Crippen molar-refractivity contribution in [2.45, 2.75) is 6.92 Å². The third kappa shape index (κ3) is 2.52. The highest BCUT2D eigenvalue weighted by atomic mass is 16.5. The maximum Gasteiger partial charge on any atom is 0.345 e. The number of aryl methyl sites for hydroxylation is 1. The molecule has 3 rings (SSSR count). The molecule has 3 aromatic rings. The van der Waals surface area contributed by atoms with E-state index >= 15 is 0 Å². The Kier molecular flexibility index (Phi) is 3.17. The van der Waals surface area contributed by atoms with Crippen LogP contribution in [0.1, 0.15) is 16.1 Å². The van der Waals surface area contributed by atoms with Crippen LogP contribution in [0.15, 0.2) is 60.8 Å². The van der Waals surface area contributed by atoms with Gasteiger partial charge in [0.05, 0.1) is 5.56 Å². The maximum atomic E-state index is 12.0. The minimum Gasteiger partial charge on any atom is -0.423 e. The zero-order valence-electron chi connectivity index (χ0n) is 11.0. The molecule has 1 aromatic heterocycles. The first-order chi connectivity index (χ1) is 9.72. The van der Waals surface area contributed by atoms with Gasteiger partial charge in [0.25, 0.3) is 0 Å². The van der Waals surface area contributed by atoms with E-state index in [9.17, 15) is 4.79 Å². The number of pyridine rings is 1. The fourth-order valence-electron chi connectivity index (χ4n) is 1.99. The molecule has 3 nitrogen and oxygen atoms in total. The molecule has 0 saturated heterocycles. The van der Waals surface area contributed by atoms with Crippen LogP contribution < -0.4 is 4.74 Å². The molecule has 1 heterocycles. The number of rotatable bonds is 2. The molecule has 0 saturated carbocycles. The molecule has 0 atom stereocenters. The second-order valence-corrected chi connectivity index (χ2v) is 4.59. The first-order valence-electron chi connectivity index (χ1n) is 6.36. The highest BCUT2D eigenvalue weighted by Gasteiger charge is 2.09. The van der Waals surface area contributed by atoms with Crippen LogP contribution in [-0.4, -0.2) is 11.0 Å². The molecule has 0 unspecified atom stereocenters. The Bertz CT molecular complexity index is 763. The van der Waals surface area contributed by atoms with Crippen molar-refractivity contribution in [3.05, 3.63) is 72.1 Å². The van der Waals surface area contributed by atoms with Crippen LogP contribution in [0.25, 0.3) is 10.8 Å². The summed E-state index contributed by atoms with van der Waals surface area (Å²) < 4.78 is 5.37. The van der Waals surface area contributed by atoms with E-state index in [-0.39, 0.29) is 0 Å². The zero-order valence-corrected chi connectivity index (χ0v) is 11.0. The van der Waals surface area contributed by atoms with Gasteiger partial charge in [-0.25, -0.2) is 4.79 Å². The summed E-state index contributed by atoms with van der Waals surface area (Å²) in [5.41, 5.74) is 1.32. The number of carbonyl (C=O) groups excluding carboxylic acids is 1. The SMILES string of the molecule is Cc1ccc(C(=O)Oc2ccc3ccccc3c2)cn1. The highest BCUT2D eigenvalue weighted by Crippen LogP contribution is 2.21. The van der Waals surface area contributed by atoms with E-state index in [1.807, 2.05) is 43.3 Å². The topological polar surface area (TPSA) is 39.2 Å². The molecule has 0 N–H and O–H groups in total. The lowest BCUT2D eigenvalue weighted by atomic mass is 10.1. The first-order valence-corrected chi connectivity index (χ1v) is 6.36. The smallest absolute Gasteiger partial charge is 0.345 e. The van der Waals surface area contributed by atoms with E-state index in [4.69, 9.17) is 4.74 Å². The lowest BCUT2D eigenvalue weighted by molar-refractivity contribution is 0.0734. The number of fused-ring (bicyclic) bond motifs is 1. The number of nitrogens with zero attached hydrogens (tertiary/aromatic N) is 1. The molecule has 0 aliphatic heterocycles. The van der Waals surface area contributed by atoms with E-state index in [1.165, 1.54) is 6.20 Å². The number of benzene rings is 2. The van der Waals surface area contributed by atoms with Crippen LogP contribution >= 0.6 is 0 Å². The quantitative estimate of drug-likeness (QED) is 0.522. The lowest BCUT2D eigenvalue weighted by Crippen LogP contribution is -2.08. The summed E-state index contributed by atoms with van der Waals surface area (Å²) in [6, 6.07) is 17.0. The fraction of sp³-hybridized carbons (Fsp3) is 0.0588. The molecule has 0 aliphatic rings. The van der Waals surface area contributed by atoms with E-state index in [2.05, 4.69) is 4.98 Å². The van der Waals surface area contributed by atoms with Gasteiger partial charge in [-0.15, -0.1) is 0 Å². The Morgan fingerprint density at radius 1 is 1.00 bits per heavy atom. The summed E-state index contributed by atoms with van der Waals surface area (Å²) >= 11 is 0. The summed E-state index contributed by atoms with van der Waals surface area (Å²) in [4.78, 5) is 16.1. The van der Waals surface area contributed by atoms with Gasteiger partial charge in [-0.1, -0.05) is 30.3 Å². The standard InChI is InChI=1S/C17H13NO2/c1-12-6-7-15(11-18-12)17(19)20-16-9-8-13-4-2-3-5-14(13)10-16/h2-11H,1H3. The molecule has 0 aliphatic carbocycles. The van der Waals surface area contributed by atoms with Gasteiger partial charge in [-0.3, -0.25) is 4.98 Å². The predicted octanol–water partition coefficient (Wildman–Crippen LogP) is 3.76. The van der Waals surface area contributed by atoms with Crippen LogP contribution in [0.2, 0.25) is 0 Å². The number of carbonyl (C=O) groups is 1. The number of ether oxygens (including phenoxy) is 1. The monoisotopic (exact) mass is 263 g/mol. The molecule has 2 aromatic carbocycles. The van der Waals surface area contributed by atoms with Crippen molar-refractivity contribution in [3.63, 3.8) is 0 Å². The van der Waals surface area contributed by atoms with Crippen LogP contribution in [0, 0.1) is 6.92 Å². The Morgan fingerprint density at radius 3 is 2.55 bits per heavy atom. The molecule has 98 valence electrons. The van der Waals surface area contributed by atoms with E-state index < -0.39 is 5.97 Å². The van der Waals surface area contributed by atoms with Gasteiger partial charge >= 0.3 is 5.97 Å². The maximum absolute atomic E-state index is 12.0. The molecule has 3 heteroatoms. The van der Waals surface area contributed by atoms with Crippen molar-refractivity contribution in [3.8, 4) is 5.75 Å². The minimum atomic E-state index is -0.396. The largest absolute Gasteiger partial charge is 0.423 e. The molecule has 0 spiro atoms. The van der Waals surface area contributed by atoms with Gasteiger partial charge in [0.2, 0.25) is 0 Å². The van der Waals surface area contributed by atoms with Crippen molar-refractivity contribution in [2.24, 2.45) is 0 Å². The van der Waals surface area contributed by atoms with Crippen molar-refractivity contribution < 1.29 is 9.53 Å². The number of hydrogen-bond donors (Lipinski definition) is 0. The average molecular weight is 263 g/mol. The van der Waals surface area contributed by atoms with Gasteiger partial charge in [0, 0.05) is 11.9 Å². The number of hydrogen-bond acceptors (Lipinski definition) is 3. The Hall–Kier alpha value is -2.68. The third-order valence-corrected chi connectivity index (χ3v) is 3.08. The summed E-state index contributed by atoms with van der Waals surface area (Å²) in [5, 5.41) is 2.16. The summed E-state index contributed by atoms with van der Waals surface area (Å²) in [6.45, 7) is 1.87. The molecule has 0 amide bonds. The van der Waals surface area contributed by atoms with Gasteiger partial charge in [0.1, 0.15) is 5.75 Å². The van der Waals surface area contributed by atoms with Crippen molar-refractivity contribution >= 4 is 16.7 Å². The van der Waals surface area contributed by atoms with E-state index in [0.717, 1.165) is 16.5 Å².